The summed E-state index contributed by atoms with van der Waals surface area (Å²) in [5.41, 5.74) is -1.51. The first kappa shape index (κ1) is 56.2. The van der Waals surface area contributed by atoms with Crippen LogP contribution in [-0.4, -0.2) is 115 Å². The second-order valence-corrected chi connectivity index (χ2v) is 22.2. The van der Waals surface area contributed by atoms with Gasteiger partial charge < -0.3 is 37.6 Å². The average Bonchev–Trinajstić information content (AvgIpc) is 4.01. The molecule has 72 heavy (non-hydrogen) atoms. The van der Waals surface area contributed by atoms with Crippen molar-refractivity contribution in [3.63, 3.8) is 0 Å². The highest BCUT2D eigenvalue weighted by atomic mass is 16.6. The van der Waals surface area contributed by atoms with Gasteiger partial charge in [-0.1, -0.05) is 36.4 Å². The summed E-state index contributed by atoms with van der Waals surface area (Å²) in [4.78, 5) is 87.7. The molecule has 0 aliphatic heterocycles. The lowest BCUT2D eigenvalue weighted by molar-refractivity contribution is -0.145. The molecule has 0 radical (unpaired) electrons. The van der Waals surface area contributed by atoms with Gasteiger partial charge in [0.05, 0.1) is 38.3 Å². The number of ether oxygens (including phenoxy) is 6. The zero-order valence-electron chi connectivity index (χ0n) is 44.5. The van der Waals surface area contributed by atoms with Crippen molar-refractivity contribution in [3.05, 3.63) is 97.1 Å². The van der Waals surface area contributed by atoms with Crippen molar-refractivity contribution in [2.75, 3.05) is 27.3 Å². The van der Waals surface area contributed by atoms with Crippen LogP contribution in [0.15, 0.2) is 85.7 Å². The molecule has 2 fully saturated rings. The maximum absolute atomic E-state index is 12.8. The summed E-state index contributed by atoms with van der Waals surface area (Å²) in [7, 11) is 2.75. The lowest BCUT2D eigenvalue weighted by Gasteiger charge is -2.28. The van der Waals surface area contributed by atoms with Gasteiger partial charge in [0.2, 0.25) is 0 Å². The van der Waals surface area contributed by atoms with Crippen LogP contribution in [0.2, 0.25) is 0 Å². The predicted octanol–water partition coefficient (Wildman–Crippen LogP) is 10.5. The van der Waals surface area contributed by atoms with Gasteiger partial charge in [0.15, 0.2) is 0 Å². The molecule has 2 aromatic carbocycles. The predicted molar refractivity (Wildman–Crippen MR) is 268 cm³/mol. The maximum atomic E-state index is 12.8. The zero-order chi connectivity index (χ0) is 53.5. The standard InChI is InChI=1S/2C27H37N3O6/c2*1-25(2,3)35-23(32)30(24(33)36-26(4,5)6)15-11-12-19-16-27(19,22(31)34-7)21-17-29(18-28-21)20-13-9-8-10-14-20/h2*8-10,13-14,17-19H,11-12,15-16H2,1-7H3/t2*19-,27+/m10/s1. The zero-order valence-corrected chi connectivity index (χ0v) is 44.5. The van der Waals surface area contributed by atoms with Crippen molar-refractivity contribution in [3.8, 4) is 11.4 Å². The molecule has 2 aliphatic rings. The lowest BCUT2D eigenvalue weighted by atomic mass is 9.97. The molecule has 2 saturated carbocycles. The number of hydrogen-bond donors (Lipinski definition) is 0. The van der Waals surface area contributed by atoms with Gasteiger partial charge in [-0.05, 0) is 158 Å². The molecule has 0 unspecified atom stereocenters. The number of carbonyl (C=O) groups is 6. The van der Waals surface area contributed by atoms with E-state index < -0.39 is 57.6 Å². The van der Waals surface area contributed by atoms with Crippen molar-refractivity contribution in [1.82, 2.24) is 28.9 Å². The molecule has 6 rings (SSSR count). The van der Waals surface area contributed by atoms with E-state index in [9.17, 15) is 28.8 Å². The van der Waals surface area contributed by atoms with Crippen molar-refractivity contribution in [2.24, 2.45) is 11.8 Å². The maximum Gasteiger partial charge on any atom is 0.419 e. The van der Waals surface area contributed by atoms with E-state index in [4.69, 9.17) is 28.4 Å². The van der Waals surface area contributed by atoms with Crippen molar-refractivity contribution in [2.45, 2.75) is 155 Å². The molecule has 2 aliphatic carbocycles. The smallest absolute Gasteiger partial charge is 0.419 e. The summed E-state index contributed by atoms with van der Waals surface area (Å²) >= 11 is 0. The van der Waals surface area contributed by atoms with Crippen molar-refractivity contribution in [1.29, 1.82) is 0 Å². The summed E-state index contributed by atoms with van der Waals surface area (Å²) in [5, 5.41) is 0. The number of imidazole rings is 2. The first-order chi connectivity index (χ1) is 33.5. The van der Waals surface area contributed by atoms with E-state index in [1.165, 1.54) is 14.2 Å². The highest BCUT2D eigenvalue weighted by Gasteiger charge is 2.64. The first-order valence-electron chi connectivity index (χ1n) is 24.4. The molecule has 18 nitrogen and oxygen atoms in total. The Balaban J connectivity index is 0.000000267. The first-order valence-corrected chi connectivity index (χ1v) is 24.4. The summed E-state index contributed by atoms with van der Waals surface area (Å²) < 4.78 is 35.7. The van der Waals surface area contributed by atoms with Gasteiger partial charge in [-0.15, -0.1) is 0 Å². The van der Waals surface area contributed by atoms with E-state index in [0.717, 1.165) is 21.2 Å². The largest absolute Gasteiger partial charge is 0.468 e. The van der Waals surface area contributed by atoms with E-state index in [2.05, 4.69) is 9.97 Å². The van der Waals surface area contributed by atoms with Crippen LogP contribution in [0.1, 0.15) is 133 Å². The molecule has 4 aromatic rings. The number of rotatable bonds is 14. The molecule has 0 bridgehead atoms. The molecule has 4 atom stereocenters. The molecular weight excluding hydrogens is 925 g/mol. The number of amides is 4. The number of methoxy groups -OCH3 is 2. The number of nitrogens with zero attached hydrogens (tertiary/aromatic N) is 6. The monoisotopic (exact) mass is 999 g/mol. The molecule has 392 valence electrons. The number of carbonyl (C=O) groups excluding carboxylic acids is 6. The number of esters is 2. The Morgan fingerprint density at radius 2 is 0.806 bits per heavy atom. The second-order valence-electron chi connectivity index (χ2n) is 22.2. The molecule has 2 heterocycles. The molecule has 0 N–H and O–H groups in total. The number of benzene rings is 2. The Bertz CT molecular complexity index is 2280. The fourth-order valence-corrected chi connectivity index (χ4v) is 8.42. The van der Waals surface area contributed by atoms with Crippen LogP contribution < -0.4 is 0 Å². The van der Waals surface area contributed by atoms with Crippen molar-refractivity contribution < 1.29 is 57.2 Å². The molecule has 2 aromatic heterocycles. The van der Waals surface area contributed by atoms with Crippen LogP contribution in [0.5, 0.6) is 0 Å². The Morgan fingerprint density at radius 3 is 1.07 bits per heavy atom. The van der Waals surface area contributed by atoms with Crippen LogP contribution in [0.3, 0.4) is 0 Å². The SMILES string of the molecule is COC(=O)[C@@]1(c2cn(-c3ccccc3)cn2)C[C@H]1CCCN(C(=O)OC(C)(C)C)C(=O)OC(C)(C)C.COC(=O)[C@]1(c2cn(-c3ccccc3)cn2)C[C@@H]1CCCN(C(=O)OC(C)(C)C)C(=O)OC(C)(C)C. The highest BCUT2D eigenvalue weighted by molar-refractivity contribution is 5.89. The minimum absolute atomic E-state index is 0.0248. The molecule has 0 spiro atoms. The molecule has 18 heteroatoms. The number of para-hydroxylation sites is 2. The topological polar surface area (TPSA) is 200 Å². The van der Waals surface area contributed by atoms with Crippen LogP contribution in [0.25, 0.3) is 11.4 Å². The number of imide groups is 2. The van der Waals surface area contributed by atoms with Gasteiger partial charge in [0.25, 0.3) is 0 Å². The van der Waals surface area contributed by atoms with Gasteiger partial charge in [-0.2, -0.15) is 0 Å². The van der Waals surface area contributed by atoms with Gasteiger partial charge >= 0.3 is 36.3 Å². The van der Waals surface area contributed by atoms with E-state index in [1.54, 1.807) is 95.7 Å². The summed E-state index contributed by atoms with van der Waals surface area (Å²) in [5.74, 6) is -0.713. The fourth-order valence-electron chi connectivity index (χ4n) is 8.42. The molecular formula is C54H74N6O12. The van der Waals surface area contributed by atoms with Crippen LogP contribution in [-0.2, 0) is 48.8 Å². The summed E-state index contributed by atoms with van der Waals surface area (Å²) in [6, 6.07) is 19.5. The van der Waals surface area contributed by atoms with E-state index in [1.807, 2.05) is 82.2 Å². The van der Waals surface area contributed by atoms with E-state index >= 15 is 0 Å². The number of aromatic nitrogens is 4. The Hall–Kier alpha value is -6.72. The van der Waals surface area contributed by atoms with Crippen LogP contribution >= 0.6 is 0 Å². The van der Waals surface area contributed by atoms with Crippen LogP contribution in [0.4, 0.5) is 19.2 Å². The third-order valence-corrected chi connectivity index (χ3v) is 11.8. The quantitative estimate of drug-likeness (QED) is 0.0853. The van der Waals surface area contributed by atoms with Crippen LogP contribution in [0, 0.1) is 11.8 Å². The Labute approximate surface area is 423 Å². The minimum Gasteiger partial charge on any atom is -0.468 e. The number of hydrogen-bond acceptors (Lipinski definition) is 14. The summed E-state index contributed by atoms with van der Waals surface area (Å²) in [6.45, 7) is 21.1. The van der Waals surface area contributed by atoms with Gasteiger partial charge in [-0.3, -0.25) is 9.59 Å². The minimum atomic E-state index is -0.836. The fraction of sp³-hybridized carbons (Fsp3) is 0.556. The molecule has 4 amide bonds. The van der Waals surface area contributed by atoms with Gasteiger partial charge in [0, 0.05) is 36.9 Å². The third kappa shape index (κ3) is 14.7. The highest BCUT2D eigenvalue weighted by Crippen LogP contribution is 2.58. The Morgan fingerprint density at radius 1 is 0.514 bits per heavy atom. The lowest BCUT2D eigenvalue weighted by Crippen LogP contribution is -2.44. The average molecular weight is 999 g/mol. The molecule has 0 saturated heterocycles. The Kier molecular flexibility index (Phi) is 17.5. The van der Waals surface area contributed by atoms with E-state index in [-0.39, 0.29) is 36.9 Å². The van der Waals surface area contributed by atoms with Crippen molar-refractivity contribution >= 4 is 36.3 Å². The normalized spacial score (nSPS) is 19.4. The summed E-state index contributed by atoms with van der Waals surface area (Å²) in [6.07, 6.45) is 7.39. The third-order valence-electron chi connectivity index (χ3n) is 11.8. The van der Waals surface area contributed by atoms with Gasteiger partial charge in [-0.25, -0.2) is 38.9 Å². The van der Waals surface area contributed by atoms with E-state index in [0.29, 0.717) is 49.9 Å². The second kappa shape index (κ2) is 22.4. The van der Waals surface area contributed by atoms with Gasteiger partial charge in [0.1, 0.15) is 33.2 Å².